The molecule has 3 N–H and O–H groups in total. The number of rotatable bonds is 4. The Morgan fingerprint density at radius 2 is 2.20 bits per heavy atom. The number of nitriles is 1. The molecule has 1 heterocycles. The molecule has 0 aliphatic carbocycles. The second-order valence-electron chi connectivity index (χ2n) is 4.01. The predicted molar refractivity (Wildman–Crippen MR) is 74.0 cm³/mol. The molecule has 0 atom stereocenters. The SMILES string of the molecule is CNc1nccc(Oc2ccc(N)cc2F)c1CC#N. The molecule has 2 rings (SSSR count). The highest BCUT2D eigenvalue weighted by Gasteiger charge is 2.13. The Labute approximate surface area is 115 Å². The van der Waals surface area contributed by atoms with Crippen LogP contribution in [-0.4, -0.2) is 12.0 Å². The minimum Gasteiger partial charge on any atom is -0.454 e. The lowest BCUT2D eigenvalue weighted by atomic mass is 10.2. The van der Waals surface area contributed by atoms with Gasteiger partial charge in [-0.3, -0.25) is 0 Å². The molecule has 0 bridgehead atoms. The molecule has 0 unspecified atom stereocenters. The van der Waals surface area contributed by atoms with Crippen LogP contribution in [0.4, 0.5) is 15.9 Å². The van der Waals surface area contributed by atoms with E-state index in [1.165, 1.54) is 18.3 Å². The molecule has 5 nitrogen and oxygen atoms in total. The molecular formula is C14H13FN4O. The van der Waals surface area contributed by atoms with Gasteiger partial charge in [-0.05, 0) is 18.2 Å². The van der Waals surface area contributed by atoms with Gasteiger partial charge >= 0.3 is 0 Å². The largest absolute Gasteiger partial charge is 0.454 e. The summed E-state index contributed by atoms with van der Waals surface area (Å²) >= 11 is 0. The van der Waals surface area contributed by atoms with E-state index in [4.69, 9.17) is 15.7 Å². The van der Waals surface area contributed by atoms with Gasteiger partial charge in [0.15, 0.2) is 11.6 Å². The van der Waals surface area contributed by atoms with E-state index in [1.807, 2.05) is 6.07 Å². The summed E-state index contributed by atoms with van der Waals surface area (Å²) < 4.78 is 19.3. The smallest absolute Gasteiger partial charge is 0.167 e. The number of pyridine rings is 1. The molecule has 20 heavy (non-hydrogen) atoms. The zero-order chi connectivity index (χ0) is 14.5. The first kappa shape index (κ1) is 13.6. The fraction of sp³-hybridized carbons (Fsp3) is 0.143. The van der Waals surface area contributed by atoms with E-state index < -0.39 is 5.82 Å². The number of halogens is 1. The number of nitrogen functional groups attached to an aromatic ring is 1. The van der Waals surface area contributed by atoms with Crippen LogP contribution < -0.4 is 15.8 Å². The molecule has 0 spiro atoms. The number of nitrogens with zero attached hydrogens (tertiary/aromatic N) is 2. The lowest BCUT2D eigenvalue weighted by Crippen LogP contribution is -2.01. The number of benzene rings is 1. The van der Waals surface area contributed by atoms with Crippen LogP contribution in [0.2, 0.25) is 0 Å². The zero-order valence-corrected chi connectivity index (χ0v) is 10.9. The fourth-order valence-electron chi connectivity index (χ4n) is 1.75. The standard InChI is InChI=1S/C14H13FN4O/c1-18-14-10(4-6-16)12(5-7-19-14)20-13-3-2-9(17)8-11(13)15/h2-3,5,7-8H,4,17H2,1H3,(H,18,19). The molecular weight excluding hydrogens is 259 g/mol. The Morgan fingerprint density at radius 3 is 2.85 bits per heavy atom. The second-order valence-corrected chi connectivity index (χ2v) is 4.01. The van der Waals surface area contributed by atoms with Gasteiger partial charge in [0.1, 0.15) is 11.6 Å². The molecule has 0 saturated carbocycles. The van der Waals surface area contributed by atoms with Crippen molar-refractivity contribution in [2.75, 3.05) is 18.1 Å². The van der Waals surface area contributed by atoms with Crippen LogP contribution in [0.25, 0.3) is 0 Å². The first-order valence-electron chi connectivity index (χ1n) is 5.91. The molecule has 0 radical (unpaired) electrons. The van der Waals surface area contributed by atoms with E-state index in [0.717, 1.165) is 0 Å². The third-order valence-corrected chi connectivity index (χ3v) is 2.68. The Kier molecular flexibility index (Phi) is 4.01. The monoisotopic (exact) mass is 272 g/mol. The van der Waals surface area contributed by atoms with Crippen LogP contribution in [0.3, 0.4) is 0 Å². The van der Waals surface area contributed by atoms with Gasteiger partial charge in [0.05, 0.1) is 18.1 Å². The van der Waals surface area contributed by atoms with Crippen LogP contribution >= 0.6 is 0 Å². The van der Waals surface area contributed by atoms with Gasteiger partial charge in [0.2, 0.25) is 0 Å². The molecule has 2 aromatic rings. The maximum absolute atomic E-state index is 13.7. The number of ether oxygens (including phenoxy) is 1. The van der Waals surface area contributed by atoms with Crippen LogP contribution in [-0.2, 0) is 6.42 Å². The van der Waals surface area contributed by atoms with E-state index in [1.54, 1.807) is 19.2 Å². The number of hydrogen-bond donors (Lipinski definition) is 2. The highest BCUT2D eigenvalue weighted by molar-refractivity contribution is 5.54. The van der Waals surface area contributed by atoms with Crippen LogP contribution in [0.1, 0.15) is 5.56 Å². The van der Waals surface area contributed by atoms with Crippen molar-refractivity contribution in [3.8, 4) is 17.6 Å². The molecule has 102 valence electrons. The summed E-state index contributed by atoms with van der Waals surface area (Å²) in [5.41, 5.74) is 6.38. The third kappa shape index (κ3) is 2.78. The van der Waals surface area contributed by atoms with Gasteiger partial charge in [-0.25, -0.2) is 9.37 Å². The third-order valence-electron chi connectivity index (χ3n) is 2.68. The topological polar surface area (TPSA) is 84.0 Å². The van der Waals surface area contributed by atoms with Gasteiger partial charge in [-0.15, -0.1) is 0 Å². The van der Waals surface area contributed by atoms with Gasteiger partial charge in [0.25, 0.3) is 0 Å². The number of hydrogen-bond acceptors (Lipinski definition) is 5. The quantitative estimate of drug-likeness (QED) is 0.836. The Morgan fingerprint density at radius 1 is 1.40 bits per heavy atom. The average molecular weight is 272 g/mol. The normalized spacial score (nSPS) is 9.85. The number of nitrogens with one attached hydrogen (secondary N) is 1. The molecule has 0 amide bonds. The molecule has 6 heteroatoms. The van der Waals surface area contributed by atoms with Crippen molar-refractivity contribution >= 4 is 11.5 Å². The molecule has 0 aliphatic heterocycles. The summed E-state index contributed by atoms with van der Waals surface area (Å²) in [5.74, 6) is 0.400. The molecule has 0 fully saturated rings. The minimum absolute atomic E-state index is 0.0478. The second kappa shape index (κ2) is 5.89. The molecule has 0 aliphatic rings. The van der Waals surface area contributed by atoms with Crippen LogP contribution in [0, 0.1) is 17.1 Å². The summed E-state index contributed by atoms with van der Waals surface area (Å²) in [7, 11) is 1.69. The average Bonchev–Trinajstić information content (AvgIpc) is 2.43. The fourth-order valence-corrected chi connectivity index (χ4v) is 1.75. The summed E-state index contributed by atoms with van der Waals surface area (Å²) in [6, 6.07) is 7.79. The van der Waals surface area contributed by atoms with Gasteiger partial charge in [0, 0.05) is 25.0 Å². The minimum atomic E-state index is -0.560. The maximum atomic E-state index is 13.7. The molecule has 1 aromatic heterocycles. The number of nitrogens with two attached hydrogens (primary N) is 1. The van der Waals surface area contributed by atoms with Gasteiger partial charge in [-0.2, -0.15) is 5.26 Å². The Bertz CT molecular complexity index is 667. The van der Waals surface area contributed by atoms with Crippen molar-refractivity contribution in [1.82, 2.24) is 4.98 Å². The van der Waals surface area contributed by atoms with Gasteiger partial charge < -0.3 is 15.8 Å². The van der Waals surface area contributed by atoms with E-state index in [0.29, 0.717) is 22.8 Å². The predicted octanol–water partition coefficient (Wildman–Crippen LogP) is 2.70. The van der Waals surface area contributed by atoms with Crippen molar-refractivity contribution in [2.24, 2.45) is 0 Å². The van der Waals surface area contributed by atoms with Crippen molar-refractivity contribution in [1.29, 1.82) is 5.26 Å². The molecule has 0 saturated heterocycles. The van der Waals surface area contributed by atoms with Crippen molar-refractivity contribution in [3.05, 3.63) is 41.8 Å². The summed E-state index contributed by atoms with van der Waals surface area (Å²) in [5, 5.41) is 11.7. The van der Waals surface area contributed by atoms with E-state index in [9.17, 15) is 4.39 Å². The summed E-state index contributed by atoms with van der Waals surface area (Å²) in [6.45, 7) is 0. The van der Waals surface area contributed by atoms with Crippen molar-refractivity contribution in [3.63, 3.8) is 0 Å². The van der Waals surface area contributed by atoms with Crippen molar-refractivity contribution < 1.29 is 9.13 Å². The van der Waals surface area contributed by atoms with E-state index >= 15 is 0 Å². The maximum Gasteiger partial charge on any atom is 0.167 e. The van der Waals surface area contributed by atoms with E-state index in [-0.39, 0.29) is 12.2 Å². The summed E-state index contributed by atoms with van der Waals surface area (Å²) in [4.78, 5) is 4.10. The Balaban J connectivity index is 2.40. The highest BCUT2D eigenvalue weighted by Crippen LogP contribution is 2.31. The lowest BCUT2D eigenvalue weighted by Gasteiger charge is -2.13. The lowest BCUT2D eigenvalue weighted by molar-refractivity contribution is 0.439. The van der Waals surface area contributed by atoms with Crippen molar-refractivity contribution in [2.45, 2.75) is 6.42 Å². The van der Waals surface area contributed by atoms with Crippen LogP contribution in [0.5, 0.6) is 11.5 Å². The number of aromatic nitrogens is 1. The Hall–Kier alpha value is -2.81. The summed E-state index contributed by atoms with van der Waals surface area (Å²) in [6.07, 6.45) is 1.63. The number of anilines is 2. The van der Waals surface area contributed by atoms with E-state index in [2.05, 4.69) is 10.3 Å². The highest BCUT2D eigenvalue weighted by atomic mass is 19.1. The first-order valence-corrected chi connectivity index (χ1v) is 5.91. The van der Waals surface area contributed by atoms with Crippen LogP contribution in [0.15, 0.2) is 30.5 Å². The zero-order valence-electron chi connectivity index (χ0n) is 10.9. The molecule has 1 aromatic carbocycles. The first-order chi connectivity index (χ1) is 9.65. The van der Waals surface area contributed by atoms with Gasteiger partial charge in [-0.1, -0.05) is 0 Å².